The Morgan fingerprint density at radius 2 is 1.59 bits per heavy atom. The molecule has 0 spiro atoms. The molecule has 0 aliphatic carbocycles. The van der Waals surface area contributed by atoms with E-state index < -0.39 is 27.8 Å². The molecule has 0 aliphatic rings. The van der Waals surface area contributed by atoms with Crippen LogP contribution >= 0.6 is 0 Å². The smallest absolute Gasteiger partial charge is 0.261 e. The molecule has 0 saturated heterocycles. The van der Waals surface area contributed by atoms with Crippen LogP contribution in [0.2, 0.25) is 0 Å². The number of hydrogen-bond donors (Lipinski definition) is 2. The molecule has 3 rings (SSSR count). The minimum atomic E-state index is -3.91. The summed E-state index contributed by atoms with van der Waals surface area (Å²) in [5, 5.41) is 2.86. The molecule has 3 aromatic carbocycles. The lowest BCUT2D eigenvalue weighted by molar-refractivity contribution is -0.142. The van der Waals surface area contributed by atoms with Crippen molar-refractivity contribution in [3.8, 4) is 5.75 Å². The lowest BCUT2D eigenvalue weighted by Crippen LogP contribution is -2.49. The standard InChI is InChI=1S/C30H36FN3O6S/c1-22(2)39-19-7-18-32-30(36)23(3)34(20-24-8-5-4-6-9-24)29(35)21-40-27-14-16-28(17-15-27)41(37,38)33-26-12-10-25(31)11-13-26/h4-6,8-17,22-23,33H,7,18-21H2,1-3H3,(H,32,36)/t23-/m0/s1. The zero-order valence-corrected chi connectivity index (χ0v) is 24.2. The van der Waals surface area contributed by atoms with Crippen molar-refractivity contribution in [3.63, 3.8) is 0 Å². The molecule has 0 bridgehead atoms. The quantitative estimate of drug-likeness (QED) is 0.256. The normalized spacial score (nSPS) is 12.0. The number of carbonyl (C=O) groups is 2. The Hall–Kier alpha value is -3.96. The molecule has 41 heavy (non-hydrogen) atoms. The summed E-state index contributed by atoms with van der Waals surface area (Å²) in [6.07, 6.45) is 0.764. The number of halogens is 1. The van der Waals surface area contributed by atoms with E-state index in [2.05, 4.69) is 10.0 Å². The van der Waals surface area contributed by atoms with Crippen LogP contribution in [0.3, 0.4) is 0 Å². The van der Waals surface area contributed by atoms with E-state index in [-0.39, 0.29) is 41.5 Å². The first-order valence-electron chi connectivity index (χ1n) is 13.3. The minimum absolute atomic E-state index is 0.0321. The molecule has 0 radical (unpaired) electrons. The van der Waals surface area contributed by atoms with Crippen molar-refractivity contribution in [2.75, 3.05) is 24.5 Å². The van der Waals surface area contributed by atoms with Crippen molar-refractivity contribution >= 4 is 27.5 Å². The molecule has 0 unspecified atom stereocenters. The number of ether oxygens (including phenoxy) is 2. The largest absolute Gasteiger partial charge is 0.484 e. The molecule has 11 heteroatoms. The summed E-state index contributed by atoms with van der Waals surface area (Å²) in [5.74, 6) is -0.897. The van der Waals surface area contributed by atoms with Gasteiger partial charge in [0.25, 0.3) is 15.9 Å². The monoisotopic (exact) mass is 585 g/mol. The second kappa shape index (κ2) is 15.2. The van der Waals surface area contributed by atoms with E-state index in [1.54, 1.807) is 6.92 Å². The van der Waals surface area contributed by atoms with E-state index in [0.29, 0.717) is 19.6 Å². The average molecular weight is 586 g/mol. The van der Waals surface area contributed by atoms with Crippen molar-refractivity contribution in [1.82, 2.24) is 10.2 Å². The van der Waals surface area contributed by atoms with Crippen LogP contribution in [-0.2, 0) is 30.9 Å². The summed E-state index contributed by atoms with van der Waals surface area (Å²) in [6.45, 7) is 6.35. The van der Waals surface area contributed by atoms with E-state index in [1.807, 2.05) is 44.2 Å². The van der Waals surface area contributed by atoms with Crippen LogP contribution in [0, 0.1) is 5.82 Å². The zero-order valence-electron chi connectivity index (χ0n) is 23.4. The first-order valence-corrected chi connectivity index (χ1v) is 14.8. The second-order valence-electron chi connectivity index (χ2n) is 9.62. The van der Waals surface area contributed by atoms with Crippen molar-refractivity contribution in [2.24, 2.45) is 0 Å². The summed E-state index contributed by atoms with van der Waals surface area (Å²) in [7, 11) is -3.91. The number of anilines is 1. The van der Waals surface area contributed by atoms with Crippen LogP contribution in [0.1, 0.15) is 32.8 Å². The van der Waals surface area contributed by atoms with Gasteiger partial charge in [-0.25, -0.2) is 12.8 Å². The van der Waals surface area contributed by atoms with Crippen LogP contribution in [0.15, 0.2) is 83.8 Å². The van der Waals surface area contributed by atoms with Gasteiger partial charge in [-0.15, -0.1) is 0 Å². The van der Waals surface area contributed by atoms with Crippen molar-refractivity contribution in [1.29, 1.82) is 0 Å². The highest BCUT2D eigenvalue weighted by atomic mass is 32.2. The fourth-order valence-electron chi connectivity index (χ4n) is 3.79. The number of amides is 2. The van der Waals surface area contributed by atoms with E-state index in [1.165, 1.54) is 41.3 Å². The van der Waals surface area contributed by atoms with E-state index in [9.17, 15) is 22.4 Å². The Morgan fingerprint density at radius 1 is 0.927 bits per heavy atom. The number of nitrogens with zero attached hydrogens (tertiary/aromatic N) is 1. The molecular weight excluding hydrogens is 549 g/mol. The number of benzene rings is 3. The van der Waals surface area contributed by atoms with Crippen molar-refractivity contribution in [2.45, 2.75) is 50.8 Å². The van der Waals surface area contributed by atoms with Crippen LogP contribution < -0.4 is 14.8 Å². The third-order valence-electron chi connectivity index (χ3n) is 6.03. The number of sulfonamides is 1. The predicted molar refractivity (Wildman–Crippen MR) is 154 cm³/mol. The number of hydrogen-bond acceptors (Lipinski definition) is 6. The molecule has 0 saturated carbocycles. The maximum Gasteiger partial charge on any atom is 0.261 e. The number of carbonyl (C=O) groups excluding carboxylic acids is 2. The van der Waals surface area contributed by atoms with Gasteiger partial charge in [-0.3, -0.25) is 14.3 Å². The van der Waals surface area contributed by atoms with Gasteiger partial charge in [0.15, 0.2) is 6.61 Å². The Bertz CT molecular complexity index is 1370. The van der Waals surface area contributed by atoms with Crippen LogP contribution in [0.5, 0.6) is 5.75 Å². The van der Waals surface area contributed by atoms with E-state index >= 15 is 0 Å². The fourth-order valence-corrected chi connectivity index (χ4v) is 4.85. The number of nitrogens with one attached hydrogen (secondary N) is 2. The zero-order chi connectivity index (χ0) is 29.8. The molecule has 9 nitrogen and oxygen atoms in total. The molecule has 0 aliphatic heterocycles. The van der Waals surface area contributed by atoms with Gasteiger partial charge in [-0.05, 0) is 81.3 Å². The maximum absolute atomic E-state index is 13.2. The van der Waals surface area contributed by atoms with Gasteiger partial charge in [0, 0.05) is 25.4 Å². The highest BCUT2D eigenvalue weighted by Crippen LogP contribution is 2.20. The highest BCUT2D eigenvalue weighted by molar-refractivity contribution is 7.92. The van der Waals surface area contributed by atoms with Gasteiger partial charge in [-0.1, -0.05) is 30.3 Å². The van der Waals surface area contributed by atoms with Gasteiger partial charge in [0.05, 0.1) is 11.0 Å². The fraction of sp³-hybridized carbons (Fsp3) is 0.333. The SMILES string of the molecule is CC(C)OCCCNC(=O)[C@H](C)N(Cc1ccccc1)C(=O)COc1ccc(S(=O)(=O)Nc2ccc(F)cc2)cc1. The Morgan fingerprint density at radius 3 is 2.22 bits per heavy atom. The molecule has 220 valence electrons. The Balaban J connectivity index is 1.62. The summed E-state index contributed by atoms with van der Waals surface area (Å²) in [4.78, 5) is 27.5. The average Bonchev–Trinajstić information content (AvgIpc) is 2.95. The summed E-state index contributed by atoms with van der Waals surface area (Å²) in [6, 6.07) is 19.0. The molecular formula is C30H36FN3O6S. The molecule has 0 aromatic heterocycles. The van der Waals surface area contributed by atoms with Gasteiger partial charge in [0.2, 0.25) is 5.91 Å². The van der Waals surface area contributed by atoms with Gasteiger partial charge in [0.1, 0.15) is 17.6 Å². The van der Waals surface area contributed by atoms with E-state index in [0.717, 1.165) is 17.7 Å². The van der Waals surface area contributed by atoms with Crippen molar-refractivity contribution < 1.29 is 31.9 Å². The van der Waals surface area contributed by atoms with Crippen LogP contribution in [-0.4, -0.2) is 57.0 Å². The summed E-state index contributed by atoms with van der Waals surface area (Å²) >= 11 is 0. The Kier molecular flexibility index (Phi) is 11.7. The first kappa shape index (κ1) is 31.6. The van der Waals surface area contributed by atoms with Gasteiger partial charge < -0.3 is 19.7 Å². The predicted octanol–water partition coefficient (Wildman–Crippen LogP) is 4.35. The topological polar surface area (TPSA) is 114 Å². The Labute approximate surface area is 240 Å². The molecule has 2 N–H and O–H groups in total. The maximum atomic E-state index is 13.2. The third kappa shape index (κ3) is 10.2. The first-order chi connectivity index (χ1) is 19.5. The van der Waals surface area contributed by atoms with Crippen molar-refractivity contribution in [3.05, 3.63) is 90.2 Å². The number of rotatable bonds is 15. The lowest BCUT2D eigenvalue weighted by Gasteiger charge is -2.28. The van der Waals surface area contributed by atoms with E-state index in [4.69, 9.17) is 9.47 Å². The van der Waals surface area contributed by atoms with Crippen LogP contribution in [0.4, 0.5) is 10.1 Å². The van der Waals surface area contributed by atoms with Gasteiger partial charge in [-0.2, -0.15) is 0 Å². The lowest BCUT2D eigenvalue weighted by atomic mass is 10.1. The second-order valence-corrected chi connectivity index (χ2v) is 11.3. The molecule has 3 aromatic rings. The van der Waals surface area contributed by atoms with Crippen LogP contribution in [0.25, 0.3) is 0 Å². The minimum Gasteiger partial charge on any atom is -0.484 e. The third-order valence-corrected chi connectivity index (χ3v) is 7.42. The molecule has 1 atom stereocenters. The molecule has 0 fully saturated rings. The molecule has 0 heterocycles. The summed E-state index contributed by atoms with van der Waals surface area (Å²) in [5.41, 5.74) is 1.08. The summed E-state index contributed by atoms with van der Waals surface area (Å²) < 4.78 is 52.0. The molecule has 2 amide bonds. The highest BCUT2D eigenvalue weighted by Gasteiger charge is 2.26. The van der Waals surface area contributed by atoms with Gasteiger partial charge >= 0.3 is 0 Å².